The smallest absolute Gasteiger partial charge is 0.0478 e. The van der Waals surface area contributed by atoms with Crippen molar-refractivity contribution in [2.24, 2.45) is 0 Å². The summed E-state index contributed by atoms with van der Waals surface area (Å²) in [7, 11) is 0. The molecular formula is C14H24N2S. The summed E-state index contributed by atoms with van der Waals surface area (Å²) < 4.78 is 0. The lowest BCUT2D eigenvalue weighted by Crippen LogP contribution is -2.63. The van der Waals surface area contributed by atoms with Gasteiger partial charge in [0.15, 0.2) is 0 Å². The number of rotatable bonds is 4. The number of thiophene rings is 1. The molecule has 2 rings (SSSR count). The predicted molar refractivity (Wildman–Crippen MR) is 77.1 cm³/mol. The highest BCUT2D eigenvalue weighted by Gasteiger charge is 2.36. The van der Waals surface area contributed by atoms with Crippen molar-refractivity contribution in [1.29, 1.82) is 0 Å². The van der Waals surface area contributed by atoms with Gasteiger partial charge in [-0.3, -0.25) is 0 Å². The molecule has 96 valence electrons. The molecule has 1 aromatic rings. The van der Waals surface area contributed by atoms with E-state index < -0.39 is 0 Å². The van der Waals surface area contributed by atoms with Crippen LogP contribution in [0.5, 0.6) is 0 Å². The van der Waals surface area contributed by atoms with Gasteiger partial charge in [0, 0.05) is 35.7 Å². The Bertz CT molecular complexity index is 330. The Morgan fingerprint density at radius 2 is 2.18 bits per heavy atom. The monoisotopic (exact) mass is 252 g/mol. The molecule has 0 aromatic carbocycles. The van der Waals surface area contributed by atoms with E-state index in [1.165, 1.54) is 24.9 Å². The summed E-state index contributed by atoms with van der Waals surface area (Å²) >= 11 is 1.80. The lowest BCUT2D eigenvalue weighted by Gasteiger charge is -2.48. The van der Waals surface area contributed by atoms with E-state index in [2.05, 4.69) is 47.8 Å². The average molecular weight is 252 g/mol. The maximum absolute atomic E-state index is 3.79. The second kappa shape index (κ2) is 5.40. The van der Waals surface area contributed by atoms with Crippen molar-refractivity contribution in [3.8, 4) is 0 Å². The van der Waals surface area contributed by atoms with Crippen molar-refractivity contribution >= 4 is 17.0 Å². The standard InChI is InChI=1S/C14H24N2S/c1-4-12-9-15-14(5-2,6-3)11-16(12)13-7-8-17-10-13/h7-8,10,12,15H,4-6,9,11H2,1-3H3. The SMILES string of the molecule is CCC1CNC(CC)(CC)CN1c1ccsc1. The Labute approximate surface area is 109 Å². The zero-order valence-corrected chi connectivity index (χ0v) is 12.0. The van der Waals surface area contributed by atoms with Crippen molar-refractivity contribution in [2.75, 3.05) is 18.0 Å². The number of hydrogen-bond donors (Lipinski definition) is 1. The molecule has 0 radical (unpaired) electrons. The maximum atomic E-state index is 3.79. The molecular weight excluding hydrogens is 228 g/mol. The van der Waals surface area contributed by atoms with E-state index in [9.17, 15) is 0 Å². The summed E-state index contributed by atoms with van der Waals surface area (Å²) in [5.41, 5.74) is 1.72. The topological polar surface area (TPSA) is 15.3 Å². The molecule has 17 heavy (non-hydrogen) atoms. The van der Waals surface area contributed by atoms with E-state index in [-0.39, 0.29) is 0 Å². The van der Waals surface area contributed by atoms with E-state index in [0.717, 1.165) is 13.1 Å². The van der Waals surface area contributed by atoms with Crippen LogP contribution >= 0.6 is 11.3 Å². The fraction of sp³-hybridized carbons (Fsp3) is 0.714. The molecule has 2 nitrogen and oxygen atoms in total. The Hall–Kier alpha value is -0.540. The van der Waals surface area contributed by atoms with Crippen molar-refractivity contribution in [3.63, 3.8) is 0 Å². The van der Waals surface area contributed by atoms with Gasteiger partial charge in [-0.15, -0.1) is 0 Å². The second-order valence-electron chi connectivity index (χ2n) is 5.04. The zero-order valence-electron chi connectivity index (χ0n) is 11.2. The van der Waals surface area contributed by atoms with Crippen molar-refractivity contribution < 1.29 is 0 Å². The summed E-state index contributed by atoms with van der Waals surface area (Å²) in [6.45, 7) is 9.16. The summed E-state index contributed by atoms with van der Waals surface area (Å²) in [6.07, 6.45) is 3.63. The van der Waals surface area contributed by atoms with E-state index >= 15 is 0 Å². The molecule has 1 aliphatic rings. The molecule has 1 saturated heterocycles. The minimum Gasteiger partial charge on any atom is -0.365 e. The molecule has 0 spiro atoms. The molecule has 1 atom stereocenters. The highest BCUT2D eigenvalue weighted by atomic mass is 32.1. The largest absolute Gasteiger partial charge is 0.365 e. The molecule has 3 heteroatoms. The Morgan fingerprint density at radius 3 is 2.71 bits per heavy atom. The molecule has 0 bridgehead atoms. The van der Waals surface area contributed by atoms with Gasteiger partial charge in [-0.05, 0) is 30.7 Å². The molecule has 1 fully saturated rings. The first-order chi connectivity index (χ1) is 8.24. The van der Waals surface area contributed by atoms with Gasteiger partial charge in [-0.2, -0.15) is 11.3 Å². The van der Waals surface area contributed by atoms with E-state index in [0.29, 0.717) is 11.6 Å². The summed E-state index contributed by atoms with van der Waals surface area (Å²) in [5, 5.41) is 8.25. The lowest BCUT2D eigenvalue weighted by atomic mass is 9.88. The van der Waals surface area contributed by atoms with Gasteiger partial charge in [0.2, 0.25) is 0 Å². The Balaban J connectivity index is 2.20. The van der Waals surface area contributed by atoms with Crippen molar-refractivity contribution in [2.45, 2.75) is 51.6 Å². The van der Waals surface area contributed by atoms with Crippen LogP contribution in [0, 0.1) is 0 Å². The van der Waals surface area contributed by atoms with Crippen LogP contribution in [0.3, 0.4) is 0 Å². The lowest BCUT2D eigenvalue weighted by molar-refractivity contribution is 0.246. The molecule has 1 unspecified atom stereocenters. The van der Waals surface area contributed by atoms with Crippen LogP contribution in [-0.2, 0) is 0 Å². The summed E-state index contributed by atoms with van der Waals surface area (Å²) in [4.78, 5) is 2.61. The predicted octanol–water partition coefficient (Wildman–Crippen LogP) is 3.50. The van der Waals surface area contributed by atoms with E-state index in [1.54, 1.807) is 11.3 Å². The Kier molecular flexibility index (Phi) is 4.10. The summed E-state index contributed by atoms with van der Waals surface area (Å²) in [6, 6.07) is 2.91. The van der Waals surface area contributed by atoms with Crippen molar-refractivity contribution in [1.82, 2.24) is 5.32 Å². The number of anilines is 1. The van der Waals surface area contributed by atoms with Crippen LogP contribution in [0.4, 0.5) is 5.69 Å². The first-order valence-electron chi connectivity index (χ1n) is 6.78. The third-order valence-corrected chi connectivity index (χ3v) is 4.96. The van der Waals surface area contributed by atoms with Gasteiger partial charge in [-0.25, -0.2) is 0 Å². The molecule has 0 aliphatic carbocycles. The minimum absolute atomic E-state index is 0.313. The van der Waals surface area contributed by atoms with Crippen LogP contribution in [-0.4, -0.2) is 24.7 Å². The number of nitrogens with one attached hydrogen (secondary N) is 1. The fourth-order valence-electron chi connectivity index (χ4n) is 2.77. The Morgan fingerprint density at radius 1 is 1.41 bits per heavy atom. The van der Waals surface area contributed by atoms with Gasteiger partial charge < -0.3 is 10.2 Å². The average Bonchev–Trinajstić information content (AvgIpc) is 2.92. The molecule has 1 aliphatic heterocycles. The van der Waals surface area contributed by atoms with Crippen LogP contribution in [0.1, 0.15) is 40.0 Å². The molecule has 0 saturated carbocycles. The third-order valence-electron chi connectivity index (χ3n) is 4.29. The highest BCUT2D eigenvalue weighted by Crippen LogP contribution is 2.29. The van der Waals surface area contributed by atoms with Gasteiger partial charge in [-0.1, -0.05) is 20.8 Å². The second-order valence-corrected chi connectivity index (χ2v) is 5.82. The summed E-state index contributed by atoms with van der Waals surface area (Å²) in [5.74, 6) is 0. The molecule has 1 aromatic heterocycles. The minimum atomic E-state index is 0.313. The van der Waals surface area contributed by atoms with E-state index in [4.69, 9.17) is 0 Å². The van der Waals surface area contributed by atoms with Crippen LogP contribution in [0.2, 0.25) is 0 Å². The fourth-order valence-corrected chi connectivity index (χ4v) is 3.42. The number of nitrogens with zero attached hydrogens (tertiary/aromatic N) is 1. The van der Waals surface area contributed by atoms with Crippen LogP contribution < -0.4 is 10.2 Å². The van der Waals surface area contributed by atoms with Gasteiger partial charge in [0.1, 0.15) is 0 Å². The molecule has 1 N–H and O–H groups in total. The number of hydrogen-bond acceptors (Lipinski definition) is 3. The molecule has 2 heterocycles. The zero-order chi connectivity index (χ0) is 12.3. The third kappa shape index (κ3) is 2.50. The number of piperazine rings is 1. The highest BCUT2D eigenvalue weighted by molar-refractivity contribution is 7.08. The normalized spacial score (nSPS) is 23.9. The van der Waals surface area contributed by atoms with Gasteiger partial charge in [0.25, 0.3) is 0 Å². The van der Waals surface area contributed by atoms with Crippen LogP contribution in [0.15, 0.2) is 16.8 Å². The van der Waals surface area contributed by atoms with E-state index in [1.807, 2.05) is 0 Å². The first-order valence-corrected chi connectivity index (χ1v) is 7.72. The quantitative estimate of drug-likeness (QED) is 0.882. The van der Waals surface area contributed by atoms with Crippen molar-refractivity contribution in [3.05, 3.63) is 16.8 Å². The van der Waals surface area contributed by atoms with Crippen LogP contribution in [0.25, 0.3) is 0 Å². The first kappa shape index (κ1) is 12.9. The maximum Gasteiger partial charge on any atom is 0.0478 e. The molecule has 0 amide bonds. The van der Waals surface area contributed by atoms with Gasteiger partial charge in [0.05, 0.1) is 0 Å². The van der Waals surface area contributed by atoms with Gasteiger partial charge >= 0.3 is 0 Å².